The Morgan fingerprint density at radius 1 is 1.25 bits per heavy atom. The van der Waals surface area contributed by atoms with Crippen LogP contribution >= 0.6 is 0 Å². The van der Waals surface area contributed by atoms with Crippen LogP contribution in [0.5, 0.6) is 11.5 Å². The molecule has 1 saturated carbocycles. The van der Waals surface area contributed by atoms with E-state index in [2.05, 4.69) is 17.0 Å². The first kappa shape index (κ1) is 13.9. The highest BCUT2D eigenvalue weighted by atomic mass is 16.7. The van der Waals surface area contributed by atoms with E-state index in [9.17, 15) is 5.11 Å². The number of ether oxygens (including phenoxy) is 4. The molecule has 0 amide bonds. The number of fused-ring (bicyclic) bond motifs is 1. The molecule has 6 aliphatic rings. The average Bonchev–Trinajstić information content (AvgIpc) is 3.19. The Balaban J connectivity index is 1.64. The maximum absolute atomic E-state index is 11.2. The fourth-order valence-electron chi connectivity index (χ4n) is 5.94. The number of nitrogens with zero attached hydrogens (tertiary/aromatic N) is 1. The molecule has 5 atom stereocenters. The van der Waals surface area contributed by atoms with Crippen molar-refractivity contribution in [2.75, 3.05) is 27.0 Å². The molecule has 7 rings (SSSR count). The van der Waals surface area contributed by atoms with Crippen LogP contribution in [0.3, 0.4) is 0 Å². The van der Waals surface area contributed by atoms with Crippen LogP contribution in [0.2, 0.25) is 0 Å². The van der Waals surface area contributed by atoms with Crippen LogP contribution in [0, 0.1) is 0 Å². The van der Waals surface area contributed by atoms with E-state index in [1.54, 1.807) is 7.11 Å². The molecule has 2 saturated heterocycles. The van der Waals surface area contributed by atoms with Crippen molar-refractivity contribution in [3.8, 4) is 11.5 Å². The molecule has 4 bridgehead atoms. The average molecular weight is 331 g/mol. The molecule has 24 heavy (non-hydrogen) atoms. The van der Waals surface area contributed by atoms with E-state index in [1.807, 2.05) is 0 Å². The monoisotopic (exact) mass is 331 g/mol. The predicted molar refractivity (Wildman–Crippen MR) is 83.0 cm³/mol. The van der Waals surface area contributed by atoms with Crippen LogP contribution in [0.1, 0.15) is 42.4 Å². The smallest absolute Gasteiger partial charge is 0.231 e. The fourth-order valence-corrected chi connectivity index (χ4v) is 5.94. The Bertz CT molecular complexity index is 738. The van der Waals surface area contributed by atoms with Crippen LogP contribution < -0.4 is 9.47 Å². The van der Waals surface area contributed by atoms with Crippen molar-refractivity contribution in [2.24, 2.45) is 0 Å². The number of benzene rings is 1. The Kier molecular flexibility index (Phi) is 2.46. The number of aliphatic hydroxyl groups excluding tert-OH is 1. The summed E-state index contributed by atoms with van der Waals surface area (Å²) in [4.78, 5) is 2.53. The SMILES string of the molecule is CO[C@@]12C[C@@]34CCCN3C[C@@H](O1)c1cc3c(cc1[C@H]4[C@H]2O)OCO3. The Hall–Kier alpha value is -1.34. The molecule has 6 nitrogen and oxygen atoms in total. The molecule has 3 fully saturated rings. The van der Waals surface area contributed by atoms with E-state index < -0.39 is 11.9 Å². The summed E-state index contributed by atoms with van der Waals surface area (Å²) < 4.78 is 23.5. The minimum atomic E-state index is -0.917. The third kappa shape index (κ3) is 1.39. The van der Waals surface area contributed by atoms with Crippen molar-refractivity contribution in [2.45, 2.75) is 48.7 Å². The molecule has 5 heterocycles. The van der Waals surface area contributed by atoms with Crippen molar-refractivity contribution in [1.82, 2.24) is 4.90 Å². The standard InChI is InChI=1S/C18H21NO5/c1-21-18-8-17-3-2-4-19(17)7-14(24-18)10-5-12-13(23-9-22-12)6-11(10)15(17)16(18)20/h5-6,14-16,20H,2-4,7-9H2,1H3/t14-,15+,16-,17-,18+/m1/s1. The summed E-state index contributed by atoms with van der Waals surface area (Å²) in [6.45, 7) is 2.17. The van der Waals surface area contributed by atoms with Crippen LogP contribution in [0.4, 0.5) is 0 Å². The molecule has 128 valence electrons. The first-order chi connectivity index (χ1) is 11.7. The van der Waals surface area contributed by atoms with Crippen LogP contribution in [0.15, 0.2) is 12.1 Å². The van der Waals surface area contributed by atoms with E-state index in [1.165, 1.54) is 0 Å². The van der Waals surface area contributed by atoms with Gasteiger partial charge >= 0.3 is 0 Å². The number of rotatable bonds is 1. The zero-order valence-corrected chi connectivity index (χ0v) is 13.7. The van der Waals surface area contributed by atoms with E-state index in [0.717, 1.165) is 55.0 Å². The summed E-state index contributed by atoms with van der Waals surface area (Å²) in [5.41, 5.74) is 2.19. The highest BCUT2D eigenvalue weighted by Gasteiger charge is 2.70. The Morgan fingerprint density at radius 2 is 2.04 bits per heavy atom. The first-order valence-electron chi connectivity index (χ1n) is 8.76. The van der Waals surface area contributed by atoms with Crippen molar-refractivity contribution >= 4 is 0 Å². The Labute approximate surface area is 140 Å². The van der Waals surface area contributed by atoms with Gasteiger partial charge in [0.2, 0.25) is 6.79 Å². The second-order valence-electron chi connectivity index (χ2n) is 7.71. The molecule has 5 aliphatic heterocycles. The highest BCUT2D eigenvalue weighted by Crippen LogP contribution is 2.64. The molecular formula is C18H21NO5. The quantitative estimate of drug-likeness (QED) is 0.842. The van der Waals surface area contributed by atoms with Crippen molar-refractivity contribution in [3.05, 3.63) is 23.3 Å². The molecule has 1 N–H and O–H groups in total. The summed E-state index contributed by atoms with van der Waals surface area (Å²) in [6, 6.07) is 4.12. The third-order valence-corrected chi connectivity index (χ3v) is 6.90. The van der Waals surface area contributed by atoms with Gasteiger partial charge in [0.1, 0.15) is 6.10 Å². The molecule has 1 spiro atoms. The lowest BCUT2D eigenvalue weighted by molar-refractivity contribution is -0.277. The van der Waals surface area contributed by atoms with Gasteiger partial charge in [0.25, 0.3) is 0 Å². The molecule has 1 aromatic carbocycles. The van der Waals surface area contributed by atoms with Gasteiger partial charge in [0.15, 0.2) is 17.3 Å². The van der Waals surface area contributed by atoms with Gasteiger partial charge in [0.05, 0.1) is 6.10 Å². The predicted octanol–water partition coefficient (Wildman–Crippen LogP) is 1.53. The van der Waals surface area contributed by atoms with Gasteiger partial charge in [-0.1, -0.05) is 0 Å². The van der Waals surface area contributed by atoms with Gasteiger partial charge in [-0.3, -0.25) is 4.90 Å². The molecule has 6 heteroatoms. The summed E-state index contributed by atoms with van der Waals surface area (Å²) in [7, 11) is 1.66. The highest BCUT2D eigenvalue weighted by molar-refractivity contribution is 5.54. The van der Waals surface area contributed by atoms with Crippen molar-refractivity contribution in [1.29, 1.82) is 0 Å². The molecular weight excluding hydrogens is 310 g/mol. The molecule has 0 unspecified atom stereocenters. The zero-order valence-electron chi connectivity index (χ0n) is 13.7. The van der Waals surface area contributed by atoms with E-state index in [4.69, 9.17) is 18.9 Å². The van der Waals surface area contributed by atoms with Gasteiger partial charge in [-0.05, 0) is 42.6 Å². The Morgan fingerprint density at radius 3 is 2.83 bits per heavy atom. The number of methoxy groups -OCH3 is 1. The molecule has 1 aliphatic carbocycles. The lowest BCUT2D eigenvalue weighted by Crippen LogP contribution is -2.47. The van der Waals surface area contributed by atoms with Crippen molar-refractivity contribution < 1.29 is 24.1 Å². The molecule has 1 aromatic rings. The maximum Gasteiger partial charge on any atom is 0.231 e. The van der Waals surface area contributed by atoms with Gasteiger partial charge in [-0.2, -0.15) is 0 Å². The van der Waals surface area contributed by atoms with Gasteiger partial charge < -0.3 is 24.1 Å². The minimum absolute atomic E-state index is 0.0167. The van der Waals surface area contributed by atoms with E-state index >= 15 is 0 Å². The lowest BCUT2D eigenvalue weighted by atomic mass is 9.78. The maximum atomic E-state index is 11.2. The number of hydrogen-bond donors (Lipinski definition) is 1. The summed E-state index contributed by atoms with van der Waals surface area (Å²) in [5, 5.41) is 11.2. The first-order valence-corrected chi connectivity index (χ1v) is 8.76. The second-order valence-corrected chi connectivity index (χ2v) is 7.71. The normalized spacial score (nSPS) is 44.5. The minimum Gasteiger partial charge on any atom is -0.454 e. The van der Waals surface area contributed by atoms with Crippen LogP contribution in [-0.2, 0) is 9.47 Å². The zero-order chi connectivity index (χ0) is 16.1. The van der Waals surface area contributed by atoms with Gasteiger partial charge in [-0.15, -0.1) is 0 Å². The fraction of sp³-hybridized carbons (Fsp3) is 0.667. The second kappa shape index (κ2) is 4.25. The van der Waals surface area contributed by atoms with Crippen LogP contribution in [-0.4, -0.2) is 54.4 Å². The number of aliphatic hydroxyl groups is 1. The van der Waals surface area contributed by atoms with Crippen molar-refractivity contribution in [3.63, 3.8) is 0 Å². The summed E-state index contributed by atoms with van der Waals surface area (Å²) in [5.74, 6) is 0.617. The van der Waals surface area contributed by atoms with Gasteiger partial charge in [0, 0.05) is 31.5 Å². The number of hydrogen-bond acceptors (Lipinski definition) is 6. The molecule has 0 radical (unpaired) electrons. The largest absolute Gasteiger partial charge is 0.454 e. The molecule has 0 aromatic heterocycles. The van der Waals surface area contributed by atoms with Crippen LogP contribution in [0.25, 0.3) is 0 Å². The third-order valence-electron chi connectivity index (χ3n) is 6.90. The topological polar surface area (TPSA) is 60.4 Å². The van der Waals surface area contributed by atoms with E-state index in [0.29, 0.717) is 0 Å². The summed E-state index contributed by atoms with van der Waals surface area (Å²) in [6.07, 6.45) is 2.18. The van der Waals surface area contributed by atoms with Gasteiger partial charge in [-0.25, -0.2) is 0 Å². The van der Waals surface area contributed by atoms with E-state index in [-0.39, 0.29) is 24.4 Å². The lowest BCUT2D eigenvalue weighted by Gasteiger charge is -2.39. The summed E-state index contributed by atoms with van der Waals surface area (Å²) >= 11 is 0.